The number of rotatable bonds is 5. The van der Waals surface area contributed by atoms with Gasteiger partial charge in [0.1, 0.15) is 0 Å². The molecule has 5 rings (SSSR count). The van der Waals surface area contributed by atoms with Gasteiger partial charge in [0.25, 0.3) is 0 Å². The average Bonchev–Trinajstić information content (AvgIpc) is 2.84. The number of benzene rings is 2. The van der Waals surface area contributed by atoms with Gasteiger partial charge in [-0.3, -0.25) is 9.78 Å². The fraction of sp³-hybridized carbons (Fsp3) is 0.400. The molecule has 0 unspecified atom stereocenters. The highest BCUT2D eigenvalue weighted by atomic mass is 19.1. The third kappa shape index (κ3) is 4.74. The molecule has 0 spiro atoms. The Kier molecular flexibility index (Phi) is 6.80. The predicted molar refractivity (Wildman–Crippen MR) is 139 cm³/mol. The molecular weight excluding hydrogens is 455 g/mol. The quantitative estimate of drug-likeness (QED) is 0.471. The molecule has 0 saturated carbocycles. The summed E-state index contributed by atoms with van der Waals surface area (Å²) in [4.78, 5) is 17.7. The van der Waals surface area contributed by atoms with Crippen LogP contribution in [-0.2, 0) is 35.3 Å². The van der Waals surface area contributed by atoms with Crippen LogP contribution in [0.25, 0.3) is 22.3 Å². The SMILES string of the molecule is Cc1nc(C)c(-c2ccc3c(c2)CCNC3)c(-c2cc(F)c3c(c2)CCCO3)c1CC(=O)OC(C)C. The fourth-order valence-electron chi connectivity index (χ4n) is 5.44. The van der Waals surface area contributed by atoms with Crippen molar-refractivity contribution in [3.63, 3.8) is 0 Å². The maximum absolute atomic E-state index is 15.3. The number of esters is 1. The van der Waals surface area contributed by atoms with Crippen LogP contribution >= 0.6 is 0 Å². The molecule has 1 N–H and O–H groups in total. The minimum absolute atomic E-state index is 0.0731. The maximum atomic E-state index is 15.3. The third-order valence-electron chi connectivity index (χ3n) is 7.00. The summed E-state index contributed by atoms with van der Waals surface area (Å²) in [6.45, 7) is 9.90. The molecule has 0 bridgehead atoms. The summed E-state index contributed by atoms with van der Waals surface area (Å²) in [5, 5.41) is 3.42. The Labute approximate surface area is 212 Å². The van der Waals surface area contributed by atoms with Crippen molar-refractivity contribution >= 4 is 5.97 Å². The number of halogens is 1. The summed E-state index contributed by atoms with van der Waals surface area (Å²) in [7, 11) is 0. The van der Waals surface area contributed by atoms with Gasteiger partial charge in [-0.05, 0) is 105 Å². The van der Waals surface area contributed by atoms with Crippen molar-refractivity contribution in [1.29, 1.82) is 0 Å². The molecule has 0 amide bonds. The van der Waals surface area contributed by atoms with Crippen LogP contribution in [0.15, 0.2) is 30.3 Å². The first-order chi connectivity index (χ1) is 17.3. The van der Waals surface area contributed by atoms with E-state index >= 15 is 4.39 Å². The molecule has 5 nitrogen and oxygen atoms in total. The molecule has 188 valence electrons. The molecule has 36 heavy (non-hydrogen) atoms. The van der Waals surface area contributed by atoms with Gasteiger partial charge in [0, 0.05) is 23.5 Å². The molecule has 3 aromatic rings. The van der Waals surface area contributed by atoms with Gasteiger partial charge in [-0.1, -0.05) is 18.2 Å². The number of nitrogens with zero attached hydrogens (tertiary/aromatic N) is 1. The van der Waals surface area contributed by atoms with E-state index in [1.165, 1.54) is 11.1 Å². The lowest BCUT2D eigenvalue weighted by molar-refractivity contribution is -0.146. The van der Waals surface area contributed by atoms with Crippen molar-refractivity contribution in [3.8, 4) is 28.0 Å². The number of carbonyl (C=O) groups is 1. The van der Waals surface area contributed by atoms with Crippen LogP contribution < -0.4 is 10.1 Å². The van der Waals surface area contributed by atoms with Crippen LogP contribution in [-0.4, -0.2) is 30.2 Å². The Morgan fingerprint density at radius 3 is 2.67 bits per heavy atom. The molecule has 1 aromatic heterocycles. The van der Waals surface area contributed by atoms with E-state index in [9.17, 15) is 4.79 Å². The van der Waals surface area contributed by atoms with Crippen LogP contribution in [0.1, 0.15) is 53.9 Å². The second kappa shape index (κ2) is 10.0. The monoisotopic (exact) mass is 488 g/mol. The van der Waals surface area contributed by atoms with Crippen molar-refractivity contribution in [2.24, 2.45) is 0 Å². The standard InChI is InChI=1S/C30H33FN2O3/c1-17(2)36-27(34)15-25-18(3)33-19(4)28(21-7-8-23-16-32-10-9-20(23)12-21)29(25)24-13-22-6-5-11-35-30(22)26(31)14-24/h7-8,12-14,17,32H,5-6,9-11,15-16H2,1-4H3. The van der Waals surface area contributed by atoms with Crippen molar-refractivity contribution in [3.05, 3.63) is 69.8 Å². The van der Waals surface area contributed by atoms with E-state index in [0.29, 0.717) is 12.4 Å². The number of hydrogen-bond acceptors (Lipinski definition) is 5. The first kappa shape index (κ1) is 24.4. The summed E-state index contributed by atoms with van der Waals surface area (Å²) in [5.41, 5.74) is 9.40. The number of hydrogen-bond donors (Lipinski definition) is 1. The zero-order valence-electron chi connectivity index (χ0n) is 21.5. The Balaban J connectivity index is 1.75. The van der Waals surface area contributed by atoms with Crippen LogP contribution in [0, 0.1) is 19.7 Å². The lowest BCUT2D eigenvalue weighted by Gasteiger charge is -2.24. The Hall–Kier alpha value is -3.25. The average molecular weight is 489 g/mol. The molecule has 2 aliphatic heterocycles. The number of pyridine rings is 1. The topological polar surface area (TPSA) is 60.5 Å². The number of aryl methyl sites for hydroxylation is 3. The summed E-state index contributed by atoms with van der Waals surface area (Å²) >= 11 is 0. The molecule has 2 aliphatic rings. The molecule has 3 heterocycles. The van der Waals surface area contributed by atoms with E-state index in [4.69, 9.17) is 14.5 Å². The maximum Gasteiger partial charge on any atom is 0.310 e. The molecule has 0 radical (unpaired) electrons. The number of nitrogens with one attached hydrogen (secondary N) is 1. The third-order valence-corrected chi connectivity index (χ3v) is 7.00. The zero-order valence-corrected chi connectivity index (χ0v) is 21.5. The highest BCUT2D eigenvalue weighted by Gasteiger charge is 2.25. The van der Waals surface area contributed by atoms with Gasteiger partial charge in [0.2, 0.25) is 0 Å². The van der Waals surface area contributed by atoms with Crippen molar-refractivity contribution in [2.45, 2.75) is 66.0 Å². The second-order valence-corrected chi connectivity index (χ2v) is 10.0. The fourth-order valence-corrected chi connectivity index (χ4v) is 5.44. The van der Waals surface area contributed by atoms with Gasteiger partial charge >= 0.3 is 5.97 Å². The Bertz CT molecular complexity index is 1330. The van der Waals surface area contributed by atoms with Crippen LogP contribution in [0.3, 0.4) is 0 Å². The van der Waals surface area contributed by atoms with Crippen molar-refractivity contribution in [2.75, 3.05) is 13.2 Å². The van der Waals surface area contributed by atoms with Crippen LogP contribution in [0.2, 0.25) is 0 Å². The number of aromatic nitrogens is 1. The van der Waals surface area contributed by atoms with E-state index in [1.54, 1.807) is 6.07 Å². The molecule has 0 fully saturated rings. The van der Waals surface area contributed by atoms with E-state index in [0.717, 1.165) is 77.1 Å². The van der Waals surface area contributed by atoms with E-state index in [-0.39, 0.29) is 24.3 Å². The largest absolute Gasteiger partial charge is 0.490 e. The van der Waals surface area contributed by atoms with Gasteiger partial charge in [0.05, 0.1) is 19.1 Å². The molecule has 2 aromatic carbocycles. The normalized spacial score (nSPS) is 14.7. The predicted octanol–water partition coefficient (Wildman–Crippen LogP) is 5.64. The Morgan fingerprint density at radius 2 is 1.86 bits per heavy atom. The number of ether oxygens (including phenoxy) is 2. The summed E-state index contributed by atoms with van der Waals surface area (Å²) in [6.07, 6.45) is 2.42. The zero-order chi connectivity index (χ0) is 25.4. The lowest BCUT2D eigenvalue weighted by atomic mass is 9.85. The van der Waals surface area contributed by atoms with E-state index in [1.807, 2.05) is 33.8 Å². The highest BCUT2D eigenvalue weighted by Crippen LogP contribution is 2.42. The summed E-state index contributed by atoms with van der Waals surface area (Å²) < 4.78 is 26.4. The molecule has 0 aliphatic carbocycles. The second-order valence-electron chi connectivity index (χ2n) is 10.0. The minimum Gasteiger partial charge on any atom is -0.490 e. The number of fused-ring (bicyclic) bond motifs is 2. The van der Waals surface area contributed by atoms with Crippen molar-refractivity contribution in [1.82, 2.24) is 10.3 Å². The summed E-state index contributed by atoms with van der Waals surface area (Å²) in [5.74, 6) is -0.340. The lowest BCUT2D eigenvalue weighted by Crippen LogP contribution is -2.23. The van der Waals surface area contributed by atoms with E-state index < -0.39 is 0 Å². The van der Waals surface area contributed by atoms with Gasteiger partial charge in [0.15, 0.2) is 11.6 Å². The summed E-state index contributed by atoms with van der Waals surface area (Å²) in [6, 6.07) is 10.1. The molecule has 6 heteroatoms. The van der Waals surface area contributed by atoms with Crippen LogP contribution in [0.4, 0.5) is 4.39 Å². The Morgan fingerprint density at radius 1 is 1.06 bits per heavy atom. The highest BCUT2D eigenvalue weighted by molar-refractivity contribution is 5.90. The van der Waals surface area contributed by atoms with E-state index in [2.05, 4.69) is 23.5 Å². The van der Waals surface area contributed by atoms with Gasteiger partial charge < -0.3 is 14.8 Å². The first-order valence-corrected chi connectivity index (χ1v) is 12.8. The van der Waals surface area contributed by atoms with Gasteiger partial charge in [-0.25, -0.2) is 4.39 Å². The van der Waals surface area contributed by atoms with Gasteiger partial charge in [-0.2, -0.15) is 0 Å². The minimum atomic E-state index is -0.368. The van der Waals surface area contributed by atoms with Crippen LogP contribution in [0.5, 0.6) is 5.75 Å². The molecular formula is C30H33FN2O3. The first-order valence-electron chi connectivity index (χ1n) is 12.8. The smallest absolute Gasteiger partial charge is 0.310 e. The van der Waals surface area contributed by atoms with Crippen molar-refractivity contribution < 1.29 is 18.7 Å². The van der Waals surface area contributed by atoms with Gasteiger partial charge in [-0.15, -0.1) is 0 Å². The molecule has 0 saturated heterocycles. The molecule has 0 atom stereocenters. The number of carbonyl (C=O) groups excluding carboxylic acids is 1.